The maximum atomic E-state index is 13.7. The molecule has 2 N–H and O–H groups in total. The minimum absolute atomic E-state index is 0.221. The van der Waals surface area contributed by atoms with E-state index in [-0.39, 0.29) is 11.8 Å². The first kappa shape index (κ1) is 15.8. The Kier molecular flexibility index (Phi) is 5.20. The second kappa shape index (κ2) is 6.91. The summed E-state index contributed by atoms with van der Waals surface area (Å²) in [7, 11) is 3.05. The Morgan fingerprint density at radius 3 is 2.33 bits per heavy atom. The van der Waals surface area contributed by atoms with Crippen molar-refractivity contribution < 1.29 is 13.9 Å². The van der Waals surface area contributed by atoms with Gasteiger partial charge in [-0.15, -0.1) is 0 Å². The van der Waals surface area contributed by atoms with E-state index in [4.69, 9.17) is 15.2 Å². The van der Waals surface area contributed by atoms with Gasteiger partial charge in [0.2, 0.25) is 0 Å². The first-order valence-electron chi connectivity index (χ1n) is 6.46. The molecule has 0 radical (unpaired) electrons. The van der Waals surface area contributed by atoms with Crippen LogP contribution < -0.4 is 15.2 Å². The molecule has 3 nitrogen and oxygen atoms in total. The molecule has 0 fully saturated rings. The zero-order chi connectivity index (χ0) is 15.4. The second-order valence-electron chi connectivity index (χ2n) is 4.67. The molecule has 112 valence electrons. The van der Waals surface area contributed by atoms with Gasteiger partial charge in [0, 0.05) is 6.04 Å². The van der Waals surface area contributed by atoms with Gasteiger partial charge in [0.15, 0.2) is 11.6 Å². The van der Waals surface area contributed by atoms with Crippen LogP contribution in [-0.4, -0.2) is 14.2 Å². The molecule has 2 rings (SSSR count). The van der Waals surface area contributed by atoms with Gasteiger partial charge in [-0.2, -0.15) is 0 Å². The van der Waals surface area contributed by atoms with Crippen molar-refractivity contribution in [3.63, 3.8) is 0 Å². The molecular formula is C16H17BrFNO2. The van der Waals surface area contributed by atoms with Gasteiger partial charge in [-0.25, -0.2) is 4.39 Å². The molecule has 0 saturated heterocycles. The van der Waals surface area contributed by atoms with Crippen LogP contribution in [0.25, 0.3) is 0 Å². The van der Waals surface area contributed by atoms with Crippen LogP contribution in [-0.2, 0) is 6.42 Å². The fraction of sp³-hybridized carbons (Fsp3) is 0.250. The molecule has 0 aromatic heterocycles. The largest absolute Gasteiger partial charge is 0.496 e. The van der Waals surface area contributed by atoms with Crippen LogP contribution in [0, 0.1) is 5.82 Å². The lowest BCUT2D eigenvalue weighted by Crippen LogP contribution is -2.13. The average molecular weight is 354 g/mol. The molecule has 2 aromatic rings. The fourth-order valence-corrected chi connectivity index (χ4v) is 2.71. The van der Waals surface area contributed by atoms with Gasteiger partial charge in [-0.1, -0.05) is 12.1 Å². The minimum Gasteiger partial charge on any atom is -0.496 e. The van der Waals surface area contributed by atoms with E-state index in [0.29, 0.717) is 6.42 Å². The predicted molar refractivity (Wildman–Crippen MR) is 84.3 cm³/mol. The average Bonchev–Trinajstić information content (AvgIpc) is 2.47. The van der Waals surface area contributed by atoms with Gasteiger partial charge >= 0.3 is 0 Å². The highest BCUT2D eigenvalue weighted by molar-refractivity contribution is 9.10. The summed E-state index contributed by atoms with van der Waals surface area (Å²) in [6, 6.07) is 10.3. The van der Waals surface area contributed by atoms with Gasteiger partial charge in [-0.3, -0.25) is 0 Å². The molecule has 21 heavy (non-hydrogen) atoms. The predicted octanol–water partition coefficient (Wildman–Crippen LogP) is 3.85. The van der Waals surface area contributed by atoms with E-state index in [2.05, 4.69) is 15.9 Å². The number of hydrogen-bond donors (Lipinski definition) is 1. The Balaban J connectivity index is 2.15. The van der Waals surface area contributed by atoms with Gasteiger partial charge < -0.3 is 15.2 Å². The third-order valence-corrected chi connectivity index (χ3v) is 3.90. The lowest BCUT2D eigenvalue weighted by atomic mass is 9.99. The Hall–Kier alpha value is -1.59. The maximum Gasteiger partial charge on any atom is 0.165 e. The zero-order valence-corrected chi connectivity index (χ0v) is 13.5. The van der Waals surface area contributed by atoms with E-state index >= 15 is 0 Å². The van der Waals surface area contributed by atoms with E-state index in [1.807, 2.05) is 18.2 Å². The van der Waals surface area contributed by atoms with Crippen LogP contribution in [0.15, 0.2) is 40.9 Å². The molecule has 0 saturated carbocycles. The van der Waals surface area contributed by atoms with Crippen molar-refractivity contribution in [2.24, 2.45) is 5.73 Å². The fourth-order valence-electron chi connectivity index (χ4n) is 2.12. The van der Waals surface area contributed by atoms with Crippen LogP contribution in [0.1, 0.15) is 17.2 Å². The van der Waals surface area contributed by atoms with Crippen molar-refractivity contribution in [2.45, 2.75) is 12.5 Å². The Labute approximate surface area is 132 Å². The van der Waals surface area contributed by atoms with Crippen molar-refractivity contribution in [1.29, 1.82) is 0 Å². The van der Waals surface area contributed by atoms with Crippen LogP contribution >= 0.6 is 15.9 Å². The van der Waals surface area contributed by atoms with Crippen molar-refractivity contribution in [2.75, 3.05) is 14.2 Å². The molecule has 5 heteroatoms. The summed E-state index contributed by atoms with van der Waals surface area (Å²) in [6.45, 7) is 0. The smallest absolute Gasteiger partial charge is 0.165 e. The van der Waals surface area contributed by atoms with Crippen LogP contribution in [0.2, 0.25) is 0 Å². The van der Waals surface area contributed by atoms with Crippen LogP contribution in [0.5, 0.6) is 11.5 Å². The topological polar surface area (TPSA) is 44.5 Å². The van der Waals surface area contributed by atoms with Crippen molar-refractivity contribution in [1.82, 2.24) is 0 Å². The molecule has 0 aliphatic rings. The number of halogens is 2. The second-order valence-corrected chi connectivity index (χ2v) is 5.53. The summed E-state index contributed by atoms with van der Waals surface area (Å²) >= 11 is 3.44. The Bertz CT molecular complexity index is 634. The number of nitrogens with two attached hydrogens (primary N) is 1. The van der Waals surface area contributed by atoms with E-state index in [9.17, 15) is 4.39 Å². The highest BCUT2D eigenvalue weighted by atomic mass is 79.9. The normalized spacial score (nSPS) is 12.0. The third kappa shape index (κ3) is 3.74. The first-order valence-corrected chi connectivity index (χ1v) is 7.26. The Morgan fingerprint density at radius 2 is 1.76 bits per heavy atom. The molecule has 0 heterocycles. The van der Waals surface area contributed by atoms with Crippen molar-refractivity contribution in [3.05, 3.63) is 57.8 Å². The summed E-state index contributed by atoms with van der Waals surface area (Å²) in [5, 5.41) is 0. The van der Waals surface area contributed by atoms with E-state index in [0.717, 1.165) is 21.3 Å². The summed E-state index contributed by atoms with van der Waals surface area (Å²) in [4.78, 5) is 0. The van der Waals surface area contributed by atoms with Gasteiger partial charge in [0.25, 0.3) is 0 Å². The summed E-state index contributed by atoms with van der Waals surface area (Å²) < 4.78 is 24.7. The quantitative estimate of drug-likeness (QED) is 0.887. The number of hydrogen-bond acceptors (Lipinski definition) is 3. The Morgan fingerprint density at radius 1 is 1.10 bits per heavy atom. The third-order valence-electron chi connectivity index (χ3n) is 3.28. The molecule has 2 aromatic carbocycles. The van der Waals surface area contributed by atoms with E-state index in [1.54, 1.807) is 19.2 Å². The lowest BCUT2D eigenvalue weighted by molar-refractivity contribution is 0.386. The monoisotopic (exact) mass is 353 g/mol. The van der Waals surface area contributed by atoms with E-state index < -0.39 is 5.82 Å². The number of methoxy groups -OCH3 is 2. The van der Waals surface area contributed by atoms with Crippen LogP contribution in [0.3, 0.4) is 0 Å². The molecule has 1 unspecified atom stereocenters. The summed E-state index contributed by atoms with van der Waals surface area (Å²) in [5.74, 6) is 0.585. The number of rotatable bonds is 5. The summed E-state index contributed by atoms with van der Waals surface area (Å²) in [5.41, 5.74) is 7.94. The van der Waals surface area contributed by atoms with Gasteiger partial charge in [-0.05, 0) is 57.7 Å². The first-order chi connectivity index (χ1) is 10.0. The van der Waals surface area contributed by atoms with Crippen molar-refractivity contribution >= 4 is 15.9 Å². The zero-order valence-electron chi connectivity index (χ0n) is 11.9. The van der Waals surface area contributed by atoms with Gasteiger partial charge in [0.05, 0.1) is 18.7 Å². The molecule has 0 spiro atoms. The molecule has 1 atom stereocenters. The lowest BCUT2D eigenvalue weighted by Gasteiger charge is -2.14. The molecule has 0 aliphatic carbocycles. The maximum absolute atomic E-state index is 13.7. The van der Waals surface area contributed by atoms with Crippen molar-refractivity contribution in [3.8, 4) is 11.5 Å². The highest BCUT2D eigenvalue weighted by Gasteiger charge is 2.12. The molecule has 0 aliphatic heterocycles. The summed E-state index contributed by atoms with van der Waals surface area (Å²) in [6.07, 6.45) is 0.606. The molecule has 0 amide bonds. The van der Waals surface area contributed by atoms with Gasteiger partial charge in [0.1, 0.15) is 5.75 Å². The van der Waals surface area contributed by atoms with E-state index in [1.165, 1.54) is 13.2 Å². The van der Waals surface area contributed by atoms with Crippen LogP contribution in [0.4, 0.5) is 4.39 Å². The minimum atomic E-state index is -0.402. The highest BCUT2D eigenvalue weighted by Crippen LogP contribution is 2.28. The SMILES string of the molecule is COc1ccc(C(N)Cc2ccc(OC)c(Br)c2)cc1F. The number of benzene rings is 2. The number of ether oxygens (including phenoxy) is 2. The molecule has 0 bridgehead atoms. The standard InChI is InChI=1S/C16H17BrFNO2/c1-20-15-5-3-10(7-12(15)17)8-14(19)11-4-6-16(21-2)13(18)9-11/h3-7,9,14H,8,19H2,1-2H3. The molecular weight excluding hydrogens is 337 g/mol.